The van der Waals surface area contributed by atoms with Gasteiger partial charge >= 0.3 is 0 Å². The molecular weight excluding hydrogens is 402 g/mol. The van der Waals surface area contributed by atoms with Crippen molar-refractivity contribution < 1.29 is 9.59 Å². The van der Waals surface area contributed by atoms with Crippen LogP contribution < -0.4 is 21.8 Å². The molecule has 1 aromatic carbocycles. The lowest BCUT2D eigenvalue weighted by molar-refractivity contribution is -0.115. The molecule has 4 aromatic rings. The molecule has 11 heteroatoms. The Kier molecular flexibility index (Phi) is 4.85. The maximum atomic E-state index is 12.8. The fourth-order valence-corrected chi connectivity index (χ4v) is 3.53. The van der Waals surface area contributed by atoms with Crippen LogP contribution in [0.4, 0.5) is 5.69 Å². The van der Waals surface area contributed by atoms with Gasteiger partial charge in [0.05, 0.1) is 39.6 Å². The Morgan fingerprint density at radius 3 is 2.61 bits per heavy atom. The van der Waals surface area contributed by atoms with E-state index in [0.717, 1.165) is 0 Å². The van der Waals surface area contributed by atoms with Crippen LogP contribution in [0.3, 0.4) is 0 Å². The SMILES string of the molecule is Cc1cc(C(=O)NCC(=O)Nc2cccc3c(=O)[nH][nH]c(=O)c23)c2c(C)nn(C)c2n1. The van der Waals surface area contributed by atoms with Crippen LogP contribution in [-0.4, -0.2) is 43.3 Å². The summed E-state index contributed by atoms with van der Waals surface area (Å²) in [5, 5.41) is 14.7. The molecule has 0 radical (unpaired) electrons. The molecule has 0 saturated heterocycles. The second-order valence-corrected chi connectivity index (χ2v) is 7.09. The molecule has 11 nitrogen and oxygen atoms in total. The molecular formula is C20H19N7O4. The van der Waals surface area contributed by atoms with Crippen LogP contribution in [0, 0.1) is 13.8 Å². The van der Waals surface area contributed by atoms with Gasteiger partial charge in [0.2, 0.25) is 5.91 Å². The molecule has 0 atom stereocenters. The summed E-state index contributed by atoms with van der Waals surface area (Å²) in [6.45, 7) is 3.21. The third-order valence-corrected chi connectivity index (χ3v) is 4.85. The lowest BCUT2D eigenvalue weighted by Gasteiger charge is -2.10. The number of rotatable bonds is 4. The van der Waals surface area contributed by atoms with Gasteiger partial charge in [-0.3, -0.25) is 34.1 Å². The number of aromatic nitrogens is 5. The Morgan fingerprint density at radius 2 is 1.84 bits per heavy atom. The van der Waals surface area contributed by atoms with Crippen molar-refractivity contribution in [1.82, 2.24) is 30.3 Å². The van der Waals surface area contributed by atoms with Crippen molar-refractivity contribution in [3.63, 3.8) is 0 Å². The van der Waals surface area contributed by atoms with Gasteiger partial charge in [-0.1, -0.05) is 6.07 Å². The van der Waals surface area contributed by atoms with E-state index in [4.69, 9.17) is 0 Å². The summed E-state index contributed by atoms with van der Waals surface area (Å²) in [7, 11) is 1.74. The second-order valence-electron chi connectivity index (χ2n) is 7.09. The Bertz CT molecular complexity index is 1480. The van der Waals surface area contributed by atoms with E-state index in [0.29, 0.717) is 28.0 Å². The predicted molar refractivity (Wildman–Crippen MR) is 114 cm³/mol. The highest BCUT2D eigenvalue weighted by Gasteiger charge is 2.18. The van der Waals surface area contributed by atoms with Crippen molar-refractivity contribution in [2.75, 3.05) is 11.9 Å². The van der Waals surface area contributed by atoms with Gasteiger partial charge in [-0.05, 0) is 32.0 Å². The molecule has 31 heavy (non-hydrogen) atoms. The largest absolute Gasteiger partial charge is 0.343 e. The molecule has 3 heterocycles. The number of pyridine rings is 1. The van der Waals surface area contributed by atoms with Crippen LogP contribution >= 0.6 is 0 Å². The summed E-state index contributed by atoms with van der Waals surface area (Å²) in [6, 6.07) is 6.17. The minimum Gasteiger partial charge on any atom is -0.343 e. The van der Waals surface area contributed by atoms with Gasteiger partial charge in [0, 0.05) is 12.7 Å². The standard InChI is InChI=1S/C20H19N7O4/c1-9-7-12(15-10(2)26-27(3)17(15)22-9)18(29)21-8-14(28)23-13-6-4-5-11-16(13)20(31)25-24-19(11)30/h4-7H,8H2,1-3H3,(H,21,29)(H,23,28)(H,24,30)(H,25,31). The maximum Gasteiger partial charge on any atom is 0.272 e. The summed E-state index contributed by atoms with van der Waals surface area (Å²) >= 11 is 0. The van der Waals surface area contributed by atoms with Gasteiger partial charge in [-0.25, -0.2) is 4.98 Å². The van der Waals surface area contributed by atoms with Crippen molar-refractivity contribution in [3.8, 4) is 0 Å². The lowest BCUT2D eigenvalue weighted by atomic mass is 10.1. The van der Waals surface area contributed by atoms with Crippen LogP contribution in [-0.2, 0) is 11.8 Å². The second kappa shape index (κ2) is 7.52. The summed E-state index contributed by atoms with van der Waals surface area (Å²) in [4.78, 5) is 53.6. The minimum atomic E-state index is -0.550. The first kappa shape index (κ1) is 20.0. The summed E-state index contributed by atoms with van der Waals surface area (Å²) in [5.74, 6) is -1.00. The Morgan fingerprint density at radius 1 is 1.10 bits per heavy atom. The van der Waals surface area contributed by atoms with E-state index < -0.39 is 22.9 Å². The fourth-order valence-electron chi connectivity index (χ4n) is 3.53. The topological polar surface area (TPSA) is 155 Å². The van der Waals surface area contributed by atoms with E-state index in [9.17, 15) is 19.2 Å². The van der Waals surface area contributed by atoms with E-state index in [1.807, 2.05) is 0 Å². The summed E-state index contributed by atoms with van der Waals surface area (Å²) in [5.41, 5.74) is 1.39. The fraction of sp³-hybridized carbons (Fsp3) is 0.200. The maximum absolute atomic E-state index is 12.8. The molecule has 0 aliphatic rings. The smallest absolute Gasteiger partial charge is 0.272 e. The Balaban J connectivity index is 1.56. The zero-order valence-corrected chi connectivity index (χ0v) is 17.0. The van der Waals surface area contributed by atoms with Gasteiger partial charge < -0.3 is 10.6 Å². The van der Waals surface area contributed by atoms with Crippen LogP contribution in [0.2, 0.25) is 0 Å². The quantitative estimate of drug-likeness (QED) is 0.376. The third-order valence-electron chi connectivity index (χ3n) is 4.85. The number of carbonyl (C=O) groups excluding carboxylic acids is 2. The van der Waals surface area contributed by atoms with Gasteiger partial charge in [0.25, 0.3) is 17.0 Å². The van der Waals surface area contributed by atoms with Gasteiger partial charge in [-0.2, -0.15) is 5.10 Å². The summed E-state index contributed by atoms with van der Waals surface area (Å²) in [6.07, 6.45) is 0. The molecule has 4 N–H and O–H groups in total. The lowest BCUT2D eigenvalue weighted by Crippen LogP contribution is -2.33. The zero-order valence-electron chi connectivity index (χ0n) is 17.0. The Hall–Kier alpha value is -4.28. The monoisotopic (exact) mass is 421 g/mol. The molecule has 0 aliphatic heterocycles. The third kappa shape index (κ3) is 3.56. The van der Waals surface area contributed by atoms with Gasteiger partial charge in [0.1, 0.15) is 0 Å². The molecule has 2 amide bonds. The average molecular weight is 421 g/mol. The van der Waals surface area contributed by atoms with E-state index >= 15 is 0 Å². The van der Waals surface area contributed by atoms with Crippen molar-refractivity contribution in [1.29, 1.82) is 0 Å². The van der Waals surface area contributed by atoms with Crippen molar-refractivity contribution in [2.45, 2.75) is 13.8 Å². The number of nitrogens with zero attached hydrogens (tertiary/aromatic N) is 3. The van der Waals surface area contributed by atoms with E-state index in [1.165, 1.54) is 12.1 Å². The van der Waals surface area contributed by atoms with Crippen molar-refractivity contribution >= 4 is 39.3 Å². The highest BCUT2D eigenvalue weighted by Crippen LogP contribution is 2.21. The number of fused-ring (bicyclic) bond motifs is 2. The molecule has 158 valence electrons. The first-order valence-corrected chi connectivity index (χ1v) is 9.39. The number of nitrogens with one attached hydrogen (secondary N) is 4. The van der Waals surface area contributed by atoms with Crippen LogP contribution in [0.15, 0.2) is 33.9 Å². The number of hydrogen-bond donors (Lipinski definition) is 4. The van der Waals surface area contributed by atoms with E-state index in [-0.39, 0.29) is 23.0 Å². The van der Waals surface area contributed by atoms with Crippen LogP contribution in [0.5, 0.6) is 0 Å². The highest BCUT2D eigenvalue weighted by atomic mass is 16.2. The number of benzene rings is 1. The summed E-state index contributed by atoms with van der Waals surface area (Å²) < 4.78 is 1.60. The Labute approximate surface area is 174 Å². The number of H-pyrrole nitrogens is 2. The number of hydrogen-bond acceptors (Lipinski definition) is 6. The van der Waals surface area contributed by atoms with Crippen LogP contribution in [0.25, 0.3) is 21.8 Å². The molecule has 0 unspecified atom stereocenters. The first-order valence-electron chi connectivity index (χ1n) is 9.39. The van der Waals surface area contributed by atoms with Gasteiger partial charge in [-0.15, -0.1) is 0 Å². The molecule has 0 saturated carbocycles. The number of aromatic amines is 2. The van der Waals surface area contributed by atoms with E-state index in [2.05, 4.69) is 30.9 Å². The molecule has 0 aliphatic carbocycles. The van der Waals surface area contributed by atoms with Crippen LogP contribution in [0.1, 0.15) is 21.7 Å². The zero-order chi connectivity index (χ0) is 22.3. The number of aryl methyl sites for hydroxylation is 3. The molecule has 3 aromatic heterocycles. The minimum absolute atomic E-state index is 0.0587. The highest BCUT2D eigenvalue weighted by molar-refractivity contribution is 6.08. The van der Waals surface area contributed by atoms with Crippen molar-refractivity contribution in [2.24, 2.45) is 7.05 Å². The average Bonchev–Trinajstić information content (AvgIpc) is 3.01. The first-order chi connectivity index (χ1) is 14.8. The molecule has 0 fully saturated rings. The number of amides is 2. The predicted octanol–water partition coefficient (Wildman–Crippen LogP) is 0.483. The number of anilines is 1. The molecule has 0 bridgehead atoms. The van der Waals surface area contributed by atoms with Gasteiger partial charge in [0.15, 0.2) is 5.65 Å². The van der Waals surface area contributed by atoms with Crippen molar-refractivity contribution in [3.05, 3.63) is 61.9 Å². The van der Waals surface area contributed by atoms with E-state index in [1.54, 1.807) is 37.7 Å². The number of carbonyl (C=O) groups is 2. The molecule has 0 spiro atoms. The molecule has 4 rings (SSSR count). The normalized spacial score (nSPS) is 11.1.